The van der Waals surface area contributed by atoms with Gasteiger partial charge in [-0.25, -0.2) is 14.5 Å². The number of ether oxygens (including phenoxy) is 2. The zero-order valence-corrected chi connectivity index (χ0v) is 21.5. The summed E-state index contributed by atoms with van der Waals surface area (Å²) in [4.78, 5) is 64.6. The summed E-state index contributed by atoms with van der Waals surface area (Å²) in [7, 11) is 0. The molecule has 1 aromatic carbocycles. The second-order valence-electron chi connectivity index (χ2n) is 9.90. The Hall–Kier alpha value is -4.03. The second-order valence-corrected chi connectivity index (χ2v) is 9.90. The van der Waals surface area contributed by atoms with E-state index in [1.54, 1.807) is 39.8 Å². The molecule has 1 aliphatic rings. The van der Waals surface area contributed by atoms with E-state index < -0.39 is 53.9 Å². The van der Waals surface area contributed by atoms with E-state index in [0.717, 1.165) is 9.58 Å². The van der Waals surface area contributed by atoms with Crippen molar-refractivity contribution in [2.75, 3.05) is 12.5 Å². The molecule has 3 amide bonds. The standard InChI is InChI=1S/C24H32N6O7/c1-6-13(2)19(26-23(35)37-24(3,4)5)22(34)36-12-29-17(31)11-10-16(20(29)32)30-21(33)18-14(25)8-7-9-15(18)27-28-30/h7-9,13,16,19H,6,10-12,25H2,1-5H3,(H,26,35)/t13-,16?,19-/m0/s1. The molecule has 3 atom stereocenters. The molecule has 200 valence electrons. The van der Waals surface area contributed by atoms with Gasteiger partial charge in [0.2, 0.25) is 5.91 Å². The molecule has 1 saturated heterocycles. The normalized spacial score (nSPS) is 17.9. The van der Waals surface area contributed by atoms with Crippen molar-refractivity contribution in [3.8, 4) is 0 Å². The van der Waals surface area contributed by atoms with Crippen LogP contribution >= 0.6 is 0 Å². The number of nitrogen functional groups attached to an aromatic ring is 1. The van der Waals surface area contributed by atoms with Gasteiger partial charge in [0.15, 0.2) is 6.73 Å². The van der Waals surface area contributed by atoms with Gasteiger partial charge in [-0.15, -0.1) is 5.10 Å². The number of hydrogen-bond acceptors (Lipinski definition) is 10. The highest BCUT2D eigenvalue weighted by molar-refractivity contribution is 5.99. The number of rotatable bonds is 7. The van der Waals surface area contributed by atoms with Crippen molar-refractivity contribution in [1.82, 2.24) is 25.2 Å². The number of anilines is 1. The molecule has 3 N–H and O–H groups in total. The third-order valence-corrected chi connectivity index (χ3v) is 6.00. The summed E-state index contributed by atoms with van der Waals surface area (Å²) < 4.78 is 11.4. The summed E-state index contributed by atoms with van der Waals surface area (Å²) in [5.41, 5.74) is 5.00. The second kappa shape index (κ2) is 10.9. The van der Waals surface area contributed by atoms with Crippen LogP contribution in [-0.4, -0.2) is 62.1 Å². The first-order chi connectivity index (χ1) is 17.3. The monoisotopic (exact) mass is 516 g/mol. The molecule has 2 aromatic rings. The minimum Gasteiger partial charge on any atom is -0.444 e. The summed E-state index contributed by atoms with van der Waals surface area (Å²) in [6, 6.07) is 2.53. The van der Waals surface area contributed by atoms with E-state index >= 15 is 0 Å². The van der Waals surface area contributed by atoms with Gasteiger partial charge in [0.05, 0.1) is 5.39 Å². The molecule has 1 aromatic heterocycles. The molecule has 13 nitrogen and oxygen atoms in total. The number of carbonyl (C=O) groups excluding carboxylic acids is 4. The van der Waals surface area contributed by atoms with Crippen LogP contribution in [0.15, 0.2) is 23.0 Å². The van der Waals surface area contributed by atoms with Gasteiger partial charge in [0.25, 0.3) is 11.5 Å². The Balaban J connectivity index is 1.77. The summed E-state index contributed by atoms with van der Waals surface area (Å²) >= 11 is 0. The molecular weight excluding hydrogens is 484 g/mol. The lowest BCUT2D eigenvalue weighted by Gasteiger charge is -2.31. The Morgan fingerprint density at radius 2 is 1.95 bits per heavy atom. The Labute approximate surface area is 213 Å². The van der Waals surface area contributed by atoms with Crippen LogP contribution in [0, 0.1) is 5.92 Å². The van der Waals surface area contributed by atoms with Gasteiger partial charge >= 0.3 is 12.1 Å². The predicted octanol–water partition coefficient (Wildman–Crippen LogP) is 1.50. The summed E-state index contributed by atoms with van der Waals surface area (Å²) in [5, 5.41) is 10.5. The fourth-order valence-corrected chi connectivity index (χ4v) is 3.83. The van der Waals surface area contributed by atoms with E-state index in [1.807, 2.05) is 6.92 Å². The first kappa shape index (κ1) is 27.6. The van der Waals surface area contributed by atoms with Crippen LogP contribution in [0.5, 0.6) is 0 Å². The summed E-state index contributed by atoms with van der Waals surface area (Å²) in [6.45, 7) is 7.95. The maximum Gasteiger partial charge on any atom is 0.408 e. The largest absolute Gasteiger partial charge is 0.444 e. The lowest BCUT2D eigenvalue weighted by atomic mass is 9.99. The number of carbonyl (C=O) groups is 4. The van der Waals surface area contributed by atoms with Gasteiger partial charge in [-0.1, -0.05) is 31.5 Å². The molecule has 3 rings (SSSR count). The first-order valence-corrected chi connectivity index (χ1v) is 12.0. The molecule has 13 heteroatoms. The maximum atomic E-state index is 13.2. The molecule has 1 fully saturated rings. The van der Waals surface area contributed by atoms with Crippen molar-refractivity contribution in [3.63, 3.8) is 0 Å². The molecular formula is C24H32N6O7. The summed E-state index contributed by atoms with van der Waals surface area (Å²) in [6.07, 6.45) is -0.334. The molecule has 0 radical (unpaired) electrons. The minimum absolute atomic E-state index is 0.0185. The zero-order valence-electron chi connectivity index (χ0n) is 21.5. The molecule has 1 aliphatic heterocycles. The molecule has 2 heterocycles. The zero-order chi connectivity index (χ0) is 27.5. The van der Waals surface area contributed by atoms with Crippen molar-refractivity contribution in [3.05, 3.63) is 28.6 Å². The SMILES string of the molecule is CC[C@H](C)[C@H](NC(=O)OC(C)(C)C)C(=O)OCN1C(=O)CCC(n2nnc3cccc(N)c3c2=O)C1=O. The van der Waals surface area contributed by atoms with Gasteiger partial charge in [0.1, 0.15) is 23.2 Å². The molecule has 1 unspecified atom stereocenters. The maximum absolute atomic E-state index is 13.2. The third-order valence-electron chi connectivity index (χ3n) is 6.00. The number of nitrogens with two attached hydrogens (primary N) is 1. The fraction of sp³-hybridized carbons (Fsp3) is 0.542. The van der Waals surface area contributed by atoms with Crippen molar-refractivity contribution in [1.29, 1.82) is 0 Å². The van der Waals surface area contributed by atoms with Crippen LogP contribution in [-0.2, 0) is 23.9 Å². The fourth-order valence-electron chi connectivity index (χ4n) is 3.83. The smallest absolute Gasteiger partial charge is 0.408 e. The number of hydrogen-bond donors (Lipinski definition) is 2. The number of nitrogens with zero attached hydrogens (tertiary/aromatic N) is 4. The molecule has 0 bridgehead atoms. The lowest BCUT2D eigenvalue weighted by Crippen LogP contribution is -2.51. The van der Waals surface area contributed by atoms with Gasteiger partial charge in [-0.2, -0.15) is 4.68 Å². The number of benzene rings is 1. The Bertz CT molecular complexity index is 1270. The highest BCUT2D eigenvalue weighted by atomic mass is 16.6. The number of fused-ring (bicyclic) bond motifs is 1. The Morgan fingerprint density at radius 1 is 1.24 bits per heavy atom. The van der Waals surface area contributed by atoms with Gasteiger partial charge in [-0.3, -0.25) is 14.4 Å². The van der Waals surface area contributed by atoms with Gasteiger partial charge in [-0.05, 0) is 45.2 Å². The average molecular weight is 517 g/mol. The number of imide groups is 1. The molecule has 0 saturated carbocycles. The molecule has 37 heavy (non-hydrogen) atoms. The van der Waals surface area contributed by atoms with Crippen molar-refractivity contribution < 1.29 is 28.7 Å². The van der Waals surface area contributed by atoms with Crippen molar-refractivity contribution >= 4 is 40.5 Å². The lowest BCUT2D eigenvalue weighted by molar-refractivity contribution is -0.165. The molecule has 0 aliphatic carbocycles. The Morgan fingerprint density at radius 3 is 2.59 bits per heavy atom. The van der Waals surface area contributed by atoms with Crippen LogP contribution in [0.25, 0.3) is 10.9 Å². The van der Waals surface area contributed by atoms with Crippen LogP contribution in [0.3, 0.4) is 0 Å². The predicted molar refractivity (Wildman–Crippen MR) is 132 cm³/mol. The Kier molecular flexibility index (Phi) is 8.14. The minimum atomic E-state index is -1.13. The number of alkyl carbamates (subject to hydrolysis) is 1. The number of likely N-dealkylation sites (tertiary alicyclic amines) is 1. The highest BCUT2D eigenvalue weighted by Gasteiger charge is 2.38. The van der Waals surface area contributed by atoms with Gasteiger partial charge < -0.3 is 20.5 Å². The number of aromatic nitrogens is 3. The summed E-state index contributed by atoms with van der Waals surface area (Å²) in [5.74, 6) is -2.50. The third kappa shape index (κ3) is 6.22. The van der Waals surface area contributed by atoms with E-state index in [2.05, 4.69) is 15.6 Å². The number of piperidine rings is 1. The first-order valence-electron chi connectivity index (χ1n) is 12.0. The quantitative estimate of drug-likeness (QED) is 0.311. The highest BCUT2D eigenvalue weighted by Crippen LogP contribution is 2.23. The number of esters is 1. The van der Waals surface area contributed by atoms with Crippen LogP contribution in [0.1, 0.15) is 59.9 Å². The van der Waals surface area contributed by atoms with E-state index in [4.69, 9.17) is 15.2 Å². The van der Waals surface area contributed by atoms with Gasteiger partial charge in [0, 0.05) is 12.1 Å². The van der Waals surface area contributed by atoms with Crippen molar-refractivity contribution in [2.45, 2.75) is 71.6 Å². The van der Waals surface area contributed by atoms with Crippen LogP contribution < -0.4 is 16.6 Å². The average Bonchev–Trinajstić information content (AvgIpc) is 2.81. The van der Waals surface area contributed by atoms with Crippen LogP contribution in [0.4, 0.5) is 10.5 Å². The van der Waals surface area contributed by atoms with E-state index in [1.165, 1.54) is 6.07 Å². The molecule has 0 spiro atoms. The number of amides is 3. The van der Waals surface area contributed by atoms with E-state index in [0.29, 0.717) is 6.42 Å². The van der Waals surface area contributed by atoms with Crippen LogP contribution in [0.2, 0.25) is 0 Å². The number of nitrogens with one attached hydrogen (secondary N) is 1. The van der Waals surface area contributed by atoms with E-state index in [-0.39, 0.29) is 35.3 Å². The topological polar surface area (TPSA) is 176 Å². The van der Waals surface area contributed by atoms with E-state index in [9.17, 15) is 24.0 Å². The van der Waals surface area contributed by atoms with Crippen molar-refractivity contribution in [2.24, 2.45) is 5.92 Å².